The Morgan fingerprint density at radius 1 is 0.976 bits per heavy atom. The Balaban J connectivity index is 1.37. The third-order valence-corrected chi connectivity index (χ3v) is 9.87. The van der Waals surface area contributed by atoms with Crippen LogP contribution in [-0.4, -0.2) is 51.6 Å². The lowest BCUT2D eigenvalue weighted by molar-refractivity contribution is -0.135. The molecule has 0 N–H and O–H groups in total. The molecule has 2 fully saturated rings. The number of hydrogen-bond donors (Lipinski definition) is 0. The summed E-state index contributed by atoms with van der Waals surface area (Å²) >= 11 is 1.69. The largest absolute Gasteiger partial charge is 0.378 e. The number of carbonyl (C=O) groups is 1. The number of aromatic nitrogens is 3. The Kier molecular flexibility index (Phi) is 7.09. The van der Waals surface area contributed by atoms with E-state index in [0.29, 0.717) is 38.8 Å². The standard InChI is InChI=1S/C34H36N4O2S/c1-22-34(41-23(2)35-22)29-15-12-25-20-26(13-14-28(25)36-29)33-32(24-8-4-3-5-9-24)27-10-6-7-11-30(27)38(33)21-31(39)37-16-18-40-19-17-37/h6-7,10-15,20,24H,3-5,8-9,16-19,21H2,1-2H3. The number of hydrogen-bond acceptors (Lipinski definition) is 5. The van der Waals surface area contributed by atoms with Gasteiger partial charge in [-0.1, -0.05) is 49.6 Å². The summed E-state index contributed by atoms with van der Waals surface area (Å²) in [5.41, 5.74) is 7.89. The van der Waals surface area contributed by atoms with Crippen LogP contribution in [0.15, 0.2) is 54.6 Å². The highest BCUT2D eigenvalue weighted by atomic mass is 32.1. The van der Waals surface area contributed by atoms with Gasteiger partial charge in [-0.3, -0.25) is 4.79 Å². The highest BCUT2D eigenvalue weighted by Gasteiger charge is 2.28. The van der Waals surface area contributed by atoms with Gasteiger partial charge in [0.2, 0.25) is 5.91 Å². The second-order valence-corrected chi connectivity index (χ2v) is 12.6. The third-order valence-electron chi connectivity index (χ3n) is 8.78. The minimum absolute atomic E-state index is 0.160. The summed E-state index contributed by atoms with van der Waals surface area (Å²) in [6.45, 7) is 6.97. The Morgan fingerprint density at radius 3 is 2.56 bits per heavy atom. The molecule has 210 valence electrons. The first-order valence-electron chi connectivity index (χ1n) is 14.9. The zero-order valence-corrected chi connectivity index (χ0v) is 24.7. The average Bonchev–Trinajstić information content (AvgIpc) is 3.53. The van der Waals surface area contributed by atoms with E-state index in [-0.39, 0.29) is 5.91 Å². The van der Waals surface area contributed by atoms with Gasteiger partial charge < -0.3 is 14.2 Å². The molecule has 0 atom stereocenters. The van der Waals surface area contributed by atoms with E-state index in [9.17, 15) is 4.79 Å². The monoisotopic (exact) mass is 564 g/mol. The molecule has 4 heterocycles. The van der Waals surface area contributed by atoms with E-state index >= 15 is 0 Å². The minimum atomic E-state index is 0.160. The molecule has 6 nitrogen and oxygen atoms in total. The highest BCUT2D eigenvalue weighted by molar-refractivity contribution is 7.15. The number of thiazole rings is 1. The van der Waals surface area contributed by atoms with Crippen molar-refractivity contribution < 1.29 is 9.53 Å². The second kappa shape index (κ2) is 11.0. The maximum Gasteiger partial charge on any atom is 0.242 e. The lowest BCUT2D eigenvalue weighted by Gasteiger charge is -2.28. The first kappa shape index (κ1) is 26.4. The van der Waals surface area contributed by atoms with Crippen LogP contribution in [0.1, 0.15) is 54.3 Å². The van der Waals surface area contributed by atoms with Crippen molar-refractivity contribution in [2.24, 2.45) is 0 Å². The summed E-state index contributed by atoms with van der Waals surface area (Å²) in [6.07, 6.45) is 6.23. The zero-order valence-electron chi connectivity index (χ0n) is 23.9. The van der Waals surface area contributed by atoms with Gasteiger partial charge in [0, 0.05) is 29.4 Å². The molecule has 0 radical (unpaired) electrons. The maximum atomic E-state index is 13.6. The fourth-order valence-electron chi connectivity index (χ4n) is 6.83. The molecule has 1 aliphatic carbocycles. The smallest absolute Gasteiger partial charge is 0.242 e. The van der Waals surface area contributed by atoms with Gasteiger partial charge in [-0.2, -0.15) is 0 Å². The maximum absolute atomic E-state index is 13.6. The molecule has 7 rings (SSSR count). The second-order valence-electron chi connectivity index (χ2n) is 11.4. The number of ether oxygens (including phenoxy) is 1. The van der Waals surface area contributed by atoms with Crippen molar-refractivity contribution in [1.29, 1.82) is 0 Å². The van der Waals surface area contributed by atoms with Crippen LogP contribution in [0.5, 0.6) is 0 Å². The van der Waals surface area contributed by atoms with Gasteiger partial charge in [0.1, 0.15) is 6.54 Å². The van der Waals surface area contributed by atoms with Gasteiger partial charge in [-0.25, -0.2) is 9.97 Å². The number of morpholine rings is 1. The summed E-state index contributed by atoms with van der Waals surface area (Å²) in [7, 11) is 0. The summed E-state index contributed by atoms with van der Waals surface area (Å²) in [5.74, 6) is 0.657. The van der Waals surface area contributed by atoms with Crippen LogP contribution in [0, 0.1) is 13.8 Å². The molecule has 2 aliphatic rings. The van der Waals surface area contributed by atoms with E-state index < -0.39 is 0 Å². The van der Waals surface area contributed by atoms with E-state index in [1.165, 1.54) is 48.7 Å². The predicted molar refractivity (Wildman–Crippen MR) is 166 cm³/mol. The van der Waals surface area contributed by atoms with Crippen LogP contribution >= 0.6 is 11.3 Å². The Labute approximate surface area is 245 Å². The van der Waals surface area contributed by atoms with Crippen molar-refractivity contribution in [2.45, 2.75) is 58.4 Å². The SMILES string of the molecule is Cc1nc(C)c(-c2ccc3cc(-c4c(C5CCCCC5)c5ccccc5n4CC(=O)N4CCOCC4)ccc3n2)s1. The minimum Gasteiger partial charge on any atom is -0.378 e. The summed E-state index contributed by atoms with van der Waals surface area (Å²) in [4.78, 5) is 26.4. The molecule has 0 spiro atoms. The van der Waals surface area contributed by atoms with E-state index in [4.69, 9.17) is 9.72 Å². The Bertz CT molecular complexity index is 1740. The van der Waals surface area contributed by atoms with E-state index in [1.54, 1.807) is 11.3 Å². The zero-order chi connectivity index (χ0) is 27.9. The van der Waals surface area contributed by atoms with Crippen LogP contribution in [0.2, 0.25) is 0 Å². The average molecular weight is 565 g/mol. The number of carbonyl (C=O) groups excluding carboxylic acids is 1. The topological polar surface area (TPSA) is 60.2 Å². The number of para-hydroxylation sites is 1. The summed E-state index contributed by atoms with van der Waals surface area (Å²) in [6, 6.07) is 19.6. The Hall–Kier alpha value is -3.55. The van der Waals surface area contributed by atoms with Gasteiger partial charge in [0.05, 0.1) is 45.7 Å². The molecule has 41 heavy (non-hydrogen) atoms. The van der Waals surface area contributed by atoms with Crippen molar-refractivity contribution in [2.75, 3.05) is 26.3 Å². The van der Waals surface area contributed by atoms with E-state index in [1.807, 2.05) is 11.8 Å². The van der Waals surface area contributed by atoms with Gasteiger partial charge in [-0.05, 0) is 68.0 Å². The van der Waals surface area contributed by atoms with Crippen molar-refractivity contribution >= 4 is 39.0 Å². The summed E-state index contributed by atoms with van der Waals surface area (Å²) < 4.78 is 7.82. The molecular formula is C34H36N4O2S. The number of fused-ring (bicyclic) bond motifs is 2. The van der Waals surface area contributed by atoms with Gasteiger partial charge in [0.15, 0.2) is 0 Å². The fraction of sp³-hybridized carbons (Fsp3) is 0.382. The van der Waals surface area contributed by atoms with E-state index in [0.717, 1.165) is 43.3 Å². The Morgan fingerprint density at radius 2 is 1.78 bits per heavy atom. The first-order valence-corrected chi connectivity index (χ1v) is 15.7. The van der Waals surface area contributed by atoms with Crippen molar-refractivity contribution in [3.05, 3.63) is 70.9 Å². The molecule has 7 heteroatoms. The molecule has 0 bridgehead atoms. The summed E-state index contributed by atoms with van der Waals surface area (Å²) in [5, 5.41) is 3.45. The van der Waals surface area contributed by atoms with E-state index in [2.05, 4.69) is 71.1 Å². The number of amides is 1. The van der Waals surface area contributed by atoms with Crippen LogP contribution in [-0.2, 0) is 16.1 Å². The van der Waals surface area contributed by atoms with Gasteiger partial charge in [-0.15, -0.1) is 11.3 Å². The van der Waals surface area contributed by atoms with Gasteiger partial charge in [0.25, 0.3) is 0 Å². The number of pyridine rings is 1. The van der Waals surface area contributed by atoms with Crippen molar-refractivity contribution in [3.8, 4) is 21.8 Å². The molecule has 3 aromatic heterocycles. The first-order chi connectivity index (χ1) is 20.1. The number of rotatable bonds is 5. The van der Waals surface area contributed by atoms with Gasteiger partial charge >= 0.3 is 0 Å². The number of benzene rings is 2. The number of aryl methyl sites for hydroxylation is 2. The molecule has 1 saturated carbocycles. The lowest BCUT2D eigenvalue weighted by atomic mass is 9.82. The molecule has 2 aromatic carbocycles. The fourth-order valence-corrected chi connectivity index (χ4v) is 7.72. The van der Waals surface area contributed by atoms with Crippen molar-refractivity contribution in [1.82, 2.24) is 19.4 Å². The van der Waals surface area contributed by atoms with Crippen LogP contribution in [0.4, 0.5) is 0 Å². The lowest BCUT2D eigenvalue weighted by Crippen LogP contribution is -2.42. The van der Waals surface area contributed by atoms with Crippen LogP contribution in [0.3, 0.4) is 0 Å². The molecule has 0 unspecified atom stereocenters. The molecular weight excluding hydrogens is 528 g/mol. The molecule has 1 amide bonds. The highest BCUT2D eigenvalue weighted by Crippen LogP contribution is 2.44. The van der Waals surface area contributed by atoms with Crippen molar-refractivity contribution in [3.63, 3.8) is 0 Å². The molecule has 1 saturated heterocycles. The quantitative estimate of drug-likeness (QED) is 0.222. The molecule has 5 aromatic rings. The predicted octanol–water partition coefficient (Wildman–Crippen LogP) is 7.50. The third kappa shape index (κ3) is 4.95. The van der Waals surface area contributed by atoms with Crippen LogP contribution < -0.4 is 0 Å². The van der Waals surface area contributed by atoms with Crippen LogP contribution in [0.25, 0.3) is 43.6 Å². The number of nitrogens with zero attached hydrogens (tertiary/aromatic N) is 4. The normalized spacial score (nSPS) is 16.6. The molecule has 1 aliphatic heterocycles.